The Bertz CT molecular complexity index is 927. The standard InChI is InChI=1S/C20H25N3O4S/c1-15(2)21-20(25)17-11-7-8-12-18(17)22-19(24)14-23(28(3,26)27)13-16-9-5-4-6-10-16/h4-12,15H,13-14H2,1-3H3,(H,21,25)(H,22,24). The van der Waals surface area contributed by atoms with Crippen LogP contribution in [0.1, 0.15) is 29.8 Å². The summed E-state index contributed by atoms with van der Waals surface area (Å²) in [5, 5.41) is 5.42. The van der Waals surface area contributed by atoms with Crippen LogP contribution in [-0.2, 0) is 21.4 Å². The molecule has 0 atom stereocenters. The summed E-state index contributed by atoms with van der Waals surface area (Å²) in [5.74, 6) is -0.832. The first-order valence-corrected chi connectivity index (χ1v) is 10.7. The van der Waals surface area contributed by atoms with E-state index in [0.29, 0.717) is 11.3 Å². The smallest absolute Gasteiger partial charge is 0.253 e. The van der Waals surface area contributed by atoms with Crippen LogP contribution < -0.4 is 10.6 Å². The Morgan fingerprint density at radius 2 is 1.61 bits per heavy atom. The number of sulfonamides is 1. The lowest BCUT2D eigenvalue weighted by Crippen LogP contribution is -2.37. The number of nitrogens with one attached hydrogen (secondary N) is 2. The Hall–Kier alpha value is -2.71. The first-order chi connectivity index (χ1) is 13.2. The highest BCUT2D eigenvalue weighted by molar-refractivity contribution is 7.88. The minimum atomic E-state index is -3.60. The number of benzene rings is 2. The Balaban J connectivity index is 2.14. The van der Waals surface area contributed by atoms with Crippen molar-refractivity contribution in [3.8, 4) is 0 Å². The second-order valence-electron chi connectivity index (χ2n) is 6.74. The van der Waals surface area contributed by atoms with Gasteiger partial charge in [-0.1, -0.05) is 42.5 Å². The molecule has 7 nitrogen and oxygen atoms in total. The van der Waals surface area contributed by atoms with E-state index in [1.807, 2.05) is 19.9 Å². The minimum Gasteiger partial charge on any atom is -0.350 e. The van der Waals surface area contributed by atoms with Crippen molar-refractivity contribution in [3.63, 3.8) is 0 Å². The van der Waals surface area contributed by atoms with E-state index in [9.17, 15) is 18.0 Å². The third kappa shape index (κ3) is 6.47. The van der Waals surface area contributed by atoms with E-state index in [-0.39, 0.29) is 25.0 Å². The summed E-state index contributed by atoms with van der Waals surface area (Å²) in [6.45, 7) is 3.41. The number of hydrogen-bond acceptors (Lipinski definition) is 4. The molecule has 0 aliphatic carbocycles. The molecule has 2 aromatic carbocycles. The SMILES string of the molecule is CC(C)NC(=O)c1ccccc1NC(=O)CN(Cc1ccccc1)S(C)(=O)=O. The van der Waals surface area contributed by atoms with Crippen LogP contribution >= 0.6 is 0 Å². The molecule has 0 radical (unpaired) electrons. The highest BCUT2D eigenvalue weighted by Crippen LogP contribution is 2.16. The largest absolute Gasteiger partial charge is 0.350 e. The van der Waals surface area contributed by atoms with E-state index in [4.69, 9.17) is 0 Å². The maximum absolute atomic E-state index is 12.5. The molecule has 0 aromatic heterocycles. The molecule has 0 saturated heterocycles. The summed E-state index contributed by atoms with van der Waals surface area (Å²) in [6, 6.07) is 15.6. The molecule has 0 bridgehead atoms. The number of nitrogens with zero attached hydrogens (tertiary/aromatic N) is 1. The second-order valence-corrected chi connectivity index (χ2v) is 8.72. The first kappa shape index (κ1) is 21.6. The first-order valence-electron chi connectivity index (χ1n) is 8.85. The zero-order chi connectivity index (χ0) is 20.7. The minimum absolute atomic E-state index is 0.0529. The maximum atomic E-state index is 12.5. The van der Waals surface area contributed by atoms with Gasteiger partial charge < -0.3 is 10.6 Å². The van der Waals surface area contributed by atoms with Gasteiger partial charge in [-0.15, -0.1) is 0 Å². The highest BCUT2D eigenvalue weighted by Gasteiger charge is 2.21. The molecule has 2 amide bonds. The van der Waals surface area contributed by atoms with E-state index in [0.717, 1.165) is 16.1 Å². The van der Waals surface area contributed by atoms with Crippen molar-refractivity contribution in [3.05, 3.63) is 65.7 Å². The third-order valence-electron chi connectivity index (χ3n) is 3.86. The van der Waals surface area contributed by atoms with Crippen molar-refractivity contribution in [1.29, 1.82) is 0 Å². The van der Waals surface area contributed by atoms with Crippen LogP contribution in [0.15, 0.2) is 54.6 Å². The topological polar surface area (TPSA) is 95.6 Å². The van der Waals surface area contributed by atoms with Gasteiger partial charge in [-0.25, -0.2) is 8.42 Å². The van der Waals surface area contributed by atoms with Crippen molar-refractivity contribution in [2.45, 2.75) is 26.4 Å². The lowest BCUT2D eigenvalue weighted by Gasteiger charge is -2.20. The van der Waals surface area contributed by atoms with Crippen LogP contribution in [-0.4, -0.2) is 43.4 Å². The van der Waals surface area contributed by atoms with E-state index in [1.54, 1.807) is 48.5 Å². The van der Waals surface area contributed by atoms with E-state index >= 15 is 0 Å². The number of para-hydroxylation sites is 1. The molecule has 0 fully saturated rings. The summed E-state index contributed by atoms with van der Waals surface area (Å²) in [5.41, 5.74) is 1.43. The monoisotopic (exact) mass is 403 g/mol. The van der Waals surface area contributed by atoms with E-state index in [1.165, 1.54) is 0 Å². The number of hydrogen-bond donors (Lipinski definition) is 2. The lowest BCUT2D eigenvalue weighted by atomic mass is 10.1. The highest BCUT2D eigenvalue weighted by atomic mass is 32.2. The van der Waals surface area contributed by atoms with Crippen molar-refractivity contribution in [2.24, 2.45) is 0 Å². The molecule has 0 spiro atoms. The van der Waals surface area contributed by atoms with Crippen LogP contribution in [0.25, 0.3) is 0 Å². The van der Waals surface area contributed by atoms with Gasteiger partial charge in [0.1, 0.15) is 0 Å². The maximum Gasteiger partial charge on any atom is 0.253 e. The third-order valence-corrected chi connectivity index (χ3v) is 5.05. The van der Waals surface area contributed by atoms with E-state index < -0.39 is 15.9 Å². The fourth-order valence-electron chi connectivity index (χ4n) is 2.56. The predicted molar refractivity (Wildman–Crippen MR) is 109 cm³/mol. The van der Waals surface area contributed by atoms with Crippen molar-refractivity contribution in [1.82, 2.24) is 9.62 Å². The van der Waals surface area contributed by atoms with Crippen LogP contribution in [0.5, 0.6) is 0 Å². The Labute approximate surface area is 165 Å². The molecule has 0 heterocycles. The fourth-order valence-corrected chi connectivity index (χ4v) is 3.29. The van der Waals surface area contributed by atoms with Gasteiger partial charge in [-0.05, 0) is 31.5 Å². The number of carbonyl (C=O) groups excluding carboxylic acids is 2. The van der Waals surface area contributed by atoms with Crippen LogP contribution in [0.4, 0.5) is 5.69 Å². The zero-order valence-electron chi connectivity index (χ0n) is 16.2. The Kier molecular flexibility index (Phi) is 7.31. The molecule has 0 aliphatic rings. The molecule has 0 aliphatic heterocycles. The number of rotatable bonds is 8. The molecule has 2 aromatic rings. The molecule has 8 heteroatoms. The number of carbonyl (C=O) groups is 2. The Morgan fingerprint density at radius 1 is 1.00 bits per heavy atom. The van der Waals surface area contributed by atoms with Crippen LogP contribution in [0.2, 0.25) is 0 Å². The van der Waals surface area contributed by atoms with Gasteiger partial charge in [-0.2, -0.15) is 4.31 Å². The fraction of sp³-hybridized carbons (Fsp3) is 0.300. The molecule has 0 saturated carbocycles. The van der Waals surface area contributed by atoms with Crippen LogP contribution in [0.3, 0.4) is 0 Å². The van der Waals surface area contributed by atoms with Gasteiger partial charge in [0, 0.05) is 12.6 Å². The molecule has 28 heavy (non-hydrogen) atoms. The second kappa shape index (κ2) is 9.48. The van der Waals surface area contributed by atoms with E-state index in [2.05, 4.69) is 10.6 Å². The quantitative estimate of drug-likeness (QED) is 0.706. The van der Waals surface area contributed by atoms with Gasteiger partial charge >= 0.3 is 0 Å². The molecular formula is C20H25N3O4S. The summed E-state index contributed by atoms with van der Waals surface area (Å²) < 4.78 is 25.3. The van der Waals surface area contributed by atoms with Crippen molar-refractivity contribution >= 4 is 27.5 Å². The van der Waals surface area contributed by atoms with Crippen molar-refractivity contribution in [2.75, 3.05) is 18.1 Å². The van der Waals surface area contributed by atoms with Gasteiger partial charge in [0.05, 0.1) is 24.1 Å². The Morgan fingerprint density at radius 3 is 2.21 bits per heavy atom. The number of amides is 2. The van der Waals surface area contributed by atoms with Gasteiger partial charge in [0.2, 0.25) is 15.9 Å². The summed E-state index contributed by atoms with van der Waals surface area (Å²) in [4.78, 5) is 24.8. The van der Waals surface area contributed by atoms with Gasteiger partial charge in [-0.3, -0.25) is 9.59 Å². The van der Waals surface area contributed by atoms with Gasteiger partial charge in [0.15, 0.2) is 0 Å². The average Bonchev–Trinajstić information content (AvgIpc) is 2.61. The molecule has 2 N–H and O–H groups in total. The molecule has 150 valence electrons. The lowest BCUT2D eigenvalue weighted by molar-refractivity contribution is -0.116. The zero-order valence-corrected chi connectivity index (χ0v) is 17.0. The van der Waals surface area contributed by atoms with Crippen LogP contribution in [0, 0.1) is 0 Å². The average molecular weight is 404 g/mol. The normalized spacial score (nSPS) is 11.5. The number of anilines is 1. The summed E-state index contributed by atoms with van der Waals surface area (Å²) in [6.07, 6.45) is 1.06. The van der Waals surface area contributed by atoms with Crippen molar-refractivity contribution < 1.29 is 18.0 Å². The molecular weight excluding hydrogens is 378 g/mol. The molecule has 2 rings (SSSR count). The molecule has 0 unspecified atom stereocenters. The summed E-state index contributed by atoms with van der Waals surface area (Å²) in [7, 11) is -3.60. The van der Waals surface area contributed by atoms with Gasteiger partial charge in [0.25, 0.3) is 5.91 Å². The predicted octanol–water partition coefficient (Wildman–Crippen LogP) is 2.23. The summed E-state index contributed by atoms with van der Waals surface area (Å²) >= 11 is 0.